The second-order valence-corrected chi connectivity index (χ2v) is 6.02. The summed E-state index contributed by atoms with van der Waals surface area (Å²) in [7, 11) is 0. The Morgan fingerprint density at radius 2 is 1.76 bits per heavy atom. The molecule has 21 heavy (non-hydrogen) atoms. The number of carbonyl (C=O) groups excluding carboxylic acids is 1. The van der Waals surface area contributed by atoms with Crippen molar-refractivity contribution in [3.05, 3.63) is 71.3 Å². The lowest BCUT2D eigenvalue weighted by Crippen LogP contribution is -2.03. The van der Waals surface area contributed by atoms with Crippen LogP contribution in [0.1, 0.15) is 53.6 Å². The molecule has 3 rings (SSSR count). The van der Waals surface area contributed by atoms with E-state index in [4.69, 9.17) is 0 Å². The zero-order valence-electron chi connectivity index (χ0n) is 12.6. The molecule has 2 atom stereocenters. The van der Waals surface area contributed by atoms with Crippen LogP contribution in [0.15, 0.2) is 54.6 Å². The summed E-state index contributed by atoms with van der Waals surface area (Å²) in [6, 6.07) is 18.6. The van der Waals surface area contributed by atoms with Gasteiger partial charge >= 0.3 is 0 Å². The molecule has 0 amide bonds. The van der Waals surface area contributed by atoms with E-state index < -0.39 is 0 Å². The maximum absolute atomic E-state index is 12.5. The van der Waals surface area contributed by atoms with Gasteiger partial charge in [-0.1, -0.05) is 67.9 Å². The smallest absolute Gasteiger partial charge is 0.166 e. The van der Waals surface area contributed by atoms with Crippen molar-refractivity contribution in [1.82, 2.24) is 0 Å². The third kappa shape index (κ3) is 3.24. The van der Waals surface area contributed by atoms with Gasteiger partial charge < -0.3 is 0 Å². The first-order chi connectivity index (χ1) is 10.3. The van der Waals surface area contributed by atoms with Gasteiger partial charge in [-0.3, -0.25) is 4.79 Å². The summed E-state index contributed by atoms with van der Waals surface area (Å²) in [6.45, 7) is 2.20. The second kappa shape index (κ2) is 6.26. The van der Waals surface area contributed by atoms with Crippen LogP contribution in [-0.4, -0.2) is 5.78 Å². The normalized spacial score (nSPS) is 20.2. The van der Waals surface area contributed by atoms with Gasteiger partial charge in [-0.15, -0.1) is 0 Å². The molecule has 0 unspecified atom stereocenters. The molecule has 2 aromatic carbocycles. The first-order valence-corrected chi connectivity index (χ1v) is 7.97. The molecule has 0 spiro atoms. The van der Waals surface area contributed by atoms with E-state index in [2.05, 4.69) is 43.3 Å². The Morgan fingerprint density at radius 1 is 1.05 bits per heavy atom. The van der Waals surface area contributed by atoms with E-state index in [0.717, 1.165) is 18.4 Å². The summed E-state index contributed by atoms with van der Waals surface area (Å²) in [5.41, 5.74) is 3.51. The molecule has 0 bridgehead atoms. The topological polar surface area (TPSA) is 17.1 Å². The average Bonchev–Trinajstić information content (AvgIpc) is 3.34. The van der Waals surface area contributed by atoms with Gasteiger partial charge in [-0.25, -0.2) is 0 Å². The van der Waals surface area contributed by atoms with Gasteiger partial charge in [0.15, 0.2) is 5.78 Å². The molecule has 1 nitrogen and oxygen atoms in total. The minimum atomic E-state index is 0.189. The van der Waals surface area contributed by atoms with Gasteiger partial charge in [0.2, 0.25) is 0 Å². The van der Waals surface area contributed by atoms with Crippen LogP contribution in [0, 0.1) is 5.92 Å². The fraction of sp³-hybridized carbons (Fsp3) is 0.350. The van der Waals surface area contributed by atoms with E-state index in [9.17, 15) is 4.79 Å². The number of carbonyl (C=O) groups is 1. The first kappa shape index (κ1) is 14.1. The molecule has 1 fully saturated rings. The maximum Gasteiger partial charge on any atom is 0.166 e. The Kier molecular flexibility index (Phi) is 4.19. The zero-order chi connectivity index (χ0) is 14.7. The fourth-order valence-electron chi connectivity index (χ4n) is 2.98. The molecule has 1 heteroatoms. The second-order valence-electron chi connectivity index (χ2n) is 6.02. The van der Waals surface area contributed by atoms with Crippen molar-refractivity contribution in [3.8, 4) is 0 Å². The number of hydrogen-bond acceptors (Lipinski definition) is 1. The van der Waals surface area contributed by atoms with Crippen molar-refractivity contribution in [2.45, 2.75) is 38.5 Å². The van der Waals surface area contributed by atoms with Crippen LogP contribution in [0.5, 0.6) is 0 Å². The van der Waals surface area contributed by atoms with Gasteiger partial charge in [0.25, 0.3) is 0 Å². The van der Waals surface area contributed by atoms with E-state index in [1.807, 2.05) is 18.2 Å². The van der Waals surface area contributed by atoms with Crippen molar-refractivity contribution in [2.24, 2.45) is 5.92 Å². The van der Waals surface area contributed by atoms with Crippen molar-refractivity contribution >= 4 is 5.78 Å². The van der Waals surface area contributed by atoms with Gasteiger partial charge in [-0.05, 0) is 36.3 Å². The predicted molar refractivity (Wildman–Crippen MR) is 86.7 cm³/mol. The Bertz CT molecular complexity index is 597. The van der Waals surface area contributed by atoms with E-state index >= 15 is 0 Å². The highest BCUT2D eigenvalue weighted by atomic mass is 16.1. The standard InChI is InChI=1S/C20H22O/c1-2-3-7-15-10-12-17(13-11-15)20(21)19-14-18(19)16-8-5-4-6-9-16/h4-6,8-13,18-19H,2-3,7,14H2,1H3/t18-,19+/m1/s1. The van der Waals surface area contributed by atoms with Crippen molar-refractivity contribution in [1.29, 1.82) is 0 Å². The molecule has 2 aromatic rings. The number of benzene rings is 2. The molecule has 0 heterocycles. The highest BCUT2D eigenvalue weighted by Crippen LogP contribution is 2.49. The van der Waals surface area contributed by atoms with Gasteiger partial charge in [0.1, 0.15) is 0 Å². The van der Waals surface area contributed by atoms with Crippen molar-refractivity contribution < 1.29 is 4.79 Å². The van der Waals surface area contributed by atoms with Gasteiger partial charge in [0.05, 0.1) is 0 Å². The number of rotatable bonds is 6. The number of ketones is 1. The summed E-state index contributed by atoms with van der Waals surface area (Å²) < 4.78 is 0. The van der Waals surface area contributed by atoms with E-state index in [-0.39, 0.29) is 5.92 Å². The Morgan fingerprint density at radius 3 is 2.43 bits per heavy atom. The molecular formula is C20H22O. The van der Waals surface area contributed by atoms with Crippen LogP contribution in [0.3, 0.4) is 0 Å². The number of hydrogen-bond donors (Lipinski definition) is 0. The van der Waals surface area contributed by atoms with Crippen LogP contribution in [0.25, 0.3) is 0 Å². The third-order valence-electron chi connectivity index (χ3n) is 4.41. The number of unbranched alkanes of at least 4 members (excludes halogenated alkanes) is 1. The predicted octanol–water partition coefficient (Wildman–Crippen LogP) is 5.02. The lowest BCUT2D eigenvalue weighted by atomic mass is 10.0. The molecule has 1 saturated carbocycles. The molecule has 108 valence electrons. The van der Waals surface area contributed by atoms with Crippen LogP contribution < -0.4 is 0 Å². The van der Waals surface area contributed by atoms with Gasteiger partial charge in [-0.2, -0.15) is 0 Å². The van der Waals surface area contributed by atoms with Crippen LogP contribution in [0.2, 0.25) is 0 Å². The third-order valence-corrected chi connectivity index (χ3v) is 4.41. The molecule has 0 N–H and O–H groups in total. The maximum atomic E-state index is 12.5. The zero-order valence-corrected chi connectivity index (χ0v) is 12.6. The Hall–Kier alpha value is -1.89. The summed E-state index contributed by atoms with van der Waals surface area (Å²) in [5, 5.41) is 0. The Labute approximate surface area is 127 Å². The molecule has 0 aromatic heterocycles. The molecule has 1 aliphatic rings. The lowest BCUT2D eigenvalue weighted by molar-refractivity contribution is 0.0965. The monoisotopic (exact) mass is 278 g/mol. The molecule has 1 aliphatic carbocycles. The molecular weight excluding hydrogens is 256 g/mol. The van der Waals surface area contributed by atoms with Gasteiger partial charge in [0, 0.05) is 11.5 Å². The molecule has 0 saturated heterocycles. The average molecular weight is 278 g/mol. The van der Waals surface area contributed by atoms with E-state index in [0.29, 0.717) is 11.7 Å². The summed E-state index contributed by atoms with van der Waals surface area (Å²) in [6.07, 6.45) is 4.54. The number of aryl methyl sites for hydroxylation is 1. The number of Topliss-reactive ketones (excluding diaryl/α,β-unsaturated/α-hetero) is 1. The van der Waals surface area contributed by atoms with Crippen LogP contribution in [-0.2, 0) is 6.42 Å². The minimum Gasteiger partial charge on any atom is -0.294 e. The fourth-order valence-corrected chi connectivity index (χ4v) is 2.98. The summed E-state index contributed by atoms with van der Waals surface area (Å²) in [5.74, 6) is 0.929. The quantitative estimate of drug-likeness (QED) is 0.678. The SMILES string of the molecule is CCCCc1ccc(C(=O)[C@H]2C[C@@H]2c2ccccc2)cc1. The first-order valence-electron chi connectivity index (χ1n) is 7.97. The van der Waals surface area contributed by atoms with Crippen LogP contribution in [0.4, 0.5) is 0 Å². The van der Waals surface area contributed by atoms with Crippen LogP contribution >= 0.6 is 0 Å². The Balaban J connectivity index is 1.64. The molecule has 0 aliphatic heterocycles. The van der Waals surface area contributed by atoms with E-state index in [1.165, 1.54) is 24.0 Å². The summed E-state index contributed by atoms with van der Waals surface area (Å²) in [4.78, 5) is 12.5. The molecule has 0 radical (unpaired) electrons. The lowest BCUT2D eigenvalue weighted by Gasteiger charge is -2.04. The minimum absolute atomic E-state index is 0.189. The highest BCUT2D eigenvalue weighted by molar-refractivity contribution is 6.00. The summed E-state index contributed by atoms with van der Waals surface area (Å²) >= 11 is 0. The highest BCUT2D eigenvalue weighted by Gasteiger charge is 2.43. The van der Waals surface area contributed by atoms with Crippen molar-refractivity contribution in [2.75, 3.05) is 0 Å². The largest absolute Gasteiger partial charge is 0.294 e. The van der Waals surface area contributed by atoms with E-state index in [1.54, 1.807) is 0 Å². The van der Waals surface area contributed by atoms with Crippen molar-refractivity contribution in [3.63, 3.8) is 0 Å².